The third-order valence-corrected chi connectivity index (χ3v) is 6.95. The van der Waals surface area contributed by atoms with E-state index in [0.29, 0.717) is 41.5 Å². The summed E-state index contributed by atoms with van der Waals surface area (Å²) in [4.78, 5) is 20.8. The second-order valence-corrected chi connectivity index (χ2v) is 9.56. The molecule has 0 aliphatic carbocycles. The molecule has 3 rings (SSSR count). The highest BCUT2D eigenvalue weighted by atomic mass is 32.2. The van der Waals surface area contributed by atoms with Crippen molar-refractivity contribution in [1.29, 1.82) is 0 Å². The van der Waals surface area contributed by atoms with Crippen LogP contribution in [0.3, 0.4) is 0 Å². The Morgan fingerprint density at radius 1 is 1.25 bits per heavy atom. The summed E-state index contributed by atoms with van der Waals surface area (Å²) in [6.45, 7) is 4.58. The zero-order valence-corrected chi connectivity index (χ0v) is 17.1. The summed E-state index contributed by atoms with van der Waals surface area (Å²) in [6.07, 6.45) is 3.29. The number of sulfone groups is 1. The number of H-pyrrole nitrogens is 1. The van der Waals surface area contributed by atoms with E-state index in [1.54, 1.807) is 26.2 Å². The number of aromatic nitrogens is 2. The Hall–Kier alpha value is -2.13. The van der Waals surface area contributed by atoms with Crippen molar-refractivity contribution in [2.24, 2.45) is 5.92 Å². The van der Waals surface area contributed by atoms with E-state index in [1.165, 1.54) is 6.33 Å². The molecule has 0 amide bonds. The molecule has 1 saturated heterocycles. The number of fused-ring (bicyclic) bond motifs is 1. The van der Waals surface area contributed by atoms with Gasteiger partial charge in [-0.25, -0.2) is 13.4 Å². The molecule has 1 N–H and O–H groups in total. The van der Waals surface area contributed by atoms with Crippen LogP contribution in [0, 0.1) is 5.92 Å². The maximum atomic E-state index is 11.9. The molecule has 0 atom stereocenters. The molecular weight excluding hydrogens is 382 g/mol. The van der Waals surface area contributed by atoms with Crippen molar-refractivity contribution < 1.29 is 17.9 Å². The van der Waals surface area contributed by atoms with Gasteiger partial charge in [0, 0.05) is 18.4 Å². The Balaban J connectivity index is 1.56. The molecule has 154 valence electrons. The number of nitrogens with zero attached hydrogens (tertiary/aromatic N) is 2. The average molecular weight is 410 g/mol. The van der Waals surface area contributed by atoms with Crippen LogP contribution < -0.4 is 15.0 Å². The van der Waals surface area contributed by atoms with Crippen LogP contribution in [0.1, 0.15) is 19.8 Å². The van der Waals surface area contributed by atoms with Crippen LogP contribution in [0.5, 0.6) is 11.5 Å². The van der Waals surface area contributed by atoms with Gasteiger partial charge in [-0.2, -0.15) is 0 Å². The first-order chi connectivity index (χ1) is 13.4. The van der Waals surface area contributed by atoms with Crippen molar-refractivity contribution in [3.8, 4) is 11.5 Å². The summed E-state index contributed by atoms with van der Waals surface area (Å²) in [5, 5.41) is 0.460. The summed E-state index contributed by atoms with van der Waals surface area (Å²) in [5.74, 6) is 1.90. The number of aromatic amines is 1. The summed E-state index contributed by atoms with van der Waals surface area (Å²) < 4.78 is 34.7. The van der Waals surface area contributed by atoms with Crippen LogP contribution in [-0.4, -0.2) is 68.1 Å². The topological polar surface area (TPSA) is 102 Å². The fourth-order valence-electron chi connectivity index (χ4n) is 3.35. The second kappa shape index (κ2) is 8.91. The predicted molar refractivity (Wildman–Crippen MR) is 108 cm³/mol. The molecule has 1 aliphatic heterocycles. The number of benzene rings is 1. The fourth-order valence-corrected chi connectivity index (χ4v) is 4.17. The molecule has 8 nitrogen and oxygen atoms in total. The lowest BCUT2D eigenvalue weighted by atomic mass is 9.98. The maximum Gasteiger partial charge on any atom is 0.258 e. The molecule has 0 saturated carbocycles. The molecule has 2 aromatic rings. The lowest BCUT2D eigenvalue weighted by molar-refractivity contribution is 0.144. The molecule has 28 heavy (non-hydrogen) atoms. The van der Waals surface area contributed by atoms with Gasteiger partial charge in [-0.05, 0) is 37.9 Å². The molecule has 0 bridgehead atoms. The minimum absolute atomic E-state index is 0.200. The SMILES string of the molecule is CCS(=O)(=O)CCN1CCC(COc2cc3nc[nH]c(=O)c3cc2OC)CC1. The van der Waals surface area contributed by atoms with Gasteiger partial charge in [0.05, 0.1) is 36.7 Å². The van der Waals surface area contributed by atoms with Gasteiger partial charge >= 0.3 is 0 Å². The minimum atomic E-state index is -2.92. The normalized spacial score (nSPS) is 16.4. The summed E-state index contributed by atoms with van der Waals surface area (Å²) in [5.41, 5.74) is 0.346. The van der Waals surface area contributed by atoms with Crippen LogP contribution in [0.4, 0.5) is 0 Å². The van der Waals surface area contributed by atoms with Crippen molar-refractivity contribution >= 4 is 20.7 Å². The van der Waals surface area contributed by atoms with Crippen LogP contribution >= 0.6 is 0 Å². The van der Waals surface area contributed by atoms with E-state index >= 15 is 0 Å². The molecule has 2 heterocycles. The number of piperidine rings is 1. The number of methoxy groups -OCH3 is 1. The third kappa shape index (κ3) is 5.02. The largest absolute Gasteiger partial charge is 0.493 e. The molecule has 0 unspecified atom stereocenters. The Labute approximate surface area is 164 Å². The molecular formula is C19H27N3O5S. The van der Waals surface area contributed by atoms with E-state index in [2.05, 4.69) is 14.9 Å². The summed E-state index contributed by atoms with van der Waals surface area (Å²) >= 11 is 0. The van der Waals surface area contributed by atoms with Crippen molar-refractivity contribution in [3.63, 3.8) is 0 Å². The van der Waals surface area contributed by atoms with E-state index in [0.717, 1.165) is 25.9 Å². The number of likely N-dealkylation sites (tertiary alicyclic amines) is 1. The van der Waals surface area contributed by atoms with Crippen LogP contribution in [-0.2, 0) is 9.84 Å². The van der Waals surface area contributed by atoms with Gasteiger partial charge in [0.15, 0.2) is 21.3 Å². The second-order valence-electron chi connectivity index (χ2n) is 7.08. The third-order valence-electron chi connectivity index (χ3n) is 5.27. The van der Waals surface area contributed by atoms with Gasteiger partial charge in [0.2, 0.25) is 0 Å². The van der Waals surface area contributed by atoms with Gasteiger partial charge in [0.25, 0.3) is 5.56 Å². The molecule has 1 aliphatic rings. The molecule has 1 fully saturated rings. The maximum absolute atomic E-state index is 11.9. The highest BCUT2D eigenvalue weighted by Crippen LogP contribution is 2.31. The minimum Gasteiger partial charge on any atom is -0.493 e. The number of hydrogen-bond acceptors (Lipinski definition) is 7. The highest BCUT2D eigenvalue weighted by Gasteiger charge is 2.21. The standard InChI is InChI=1S/C19H27N3O5S/c1-3-28(24,25)9-8-22-6-4-14(5-7-22)12-27-18-11-16-15(10-17(18)26-2)19(23)21-13-20-16/h10-11,13-14H,3-9,12H2,1-2H3,(H,20,21,23). The molecule has 9 heteroatoms. The number of hydrogen-bond donors (Lipinski definition) is 1. The zero-order chi connectivity index (χ0) is 20.1. The van der Waals surface area contributed by atoms with Crippen molar-refractivity contribution in [2.45, 2.75) is 19.8 Å². The fraction of sp³-hybridized carbons (Fsp3) is 0.579. The Bertz CT molecular complexity index is 965. The first kappa shape index (κ1) is 20.6. The number of ether oxygens (including phenoxy) is 2. The molecule has 0 spiro atoms. The predicted octanol–water partition coefficient (Wildman–Crippen LogP) is 1.46. The smallest absolute Gasteiger partial charge is 0.258 e. The van der Waals surface area contributed by atoms with E-state index < -0.39 is 9.84 Å². The van der Waals surface area contributed by atoms with Crippen LogP contribution in [0.25, 0.3) is 10.9 Å². The lowest BCUT2D eigenvalue weighted by Gasteiger charge is -2.31. The van der Waals surface area contributed by atoms with Crippen LogP contribution in [0.15, 0.2) is 23.3 Å². The van der Waals surface area contributed by atoms with E-state index in [1.807, 2.05) is 0 Å². The Morgan fingerprint density at radius 3 is 2.68 bits per heavy atom. The van der Waals surface area contributed by atoms with Crippen molar-refractivity contribution in [1.82, 2.24) is 14.9 Å². The van der Waals surface area contributed by atoms with Gasteiger partial charge < -0.3 is 19.4 Å². The highest BCUT2D eigenvalue weighted by molar-refractivity contribution is 7.91. The summed E-state index contributed by atoms with van der Waals surface area (Å²) in [7, 11) is -1.37. The lowest BCUT2D eigenvalue weighted by Crippen LogP contribution is -2.38. The van der Waals surface area contributed by atoms with Crippen molar-refractivity contribution in [3.05, 3.63) is 28.8 Å². The number of nitrogens with one attached hydrogen (secondary N) is 1. The average Bonchev–Trinajstić information content (AvgIpc) is 2.71. The van der Waals surface area contributed by atoms with Crippen molar-refractivity contribution in [2.75, 3.05) is 44.9 Å². The summed E-state index contributed by atoms with van der Waals surface area (Å²) in [6, 6.07) is 3.38. The van der Waals surface area contributed by atoms with Gasteiger partial charge in [-0.1, -0.05) is 6.92 Å². The van der Waals surface area contributed by atoms with E-state index in [9.17, 15) is 13.2 Å². The van der Waals surface area contributed by atoms with Gasteiger partial charge in [-0.3, -0.25) is 4.79 Å². The first-order valence-corrected chi connectivity index (χ1v) is 11.3. The van der Waals surface area contributed by atoms with Gasteiger partial charge in [-0.15, -0.1) is 0 Å². The van der Waals surface area contributed by atoms with Gasteiger partial charge in [0.1, 0.15) is 0 Å². The zero-order valence-electron chi connectivity index (χ0n) is 16.3. The van der Waals surface area contributed by atoms with Crippen LogP contribution in [0.2, 0.25) is 0 Å². The Kier molecular flexibility index (Phi) is 6.56. The monoisotopic (exact) mass is 409 g/mol. The van der Waals surface area contributed by atoms with E-state index in [4.69, 9.17) is 9.47 Å². The molecule has 0 radical (unpaired) electrons. The quantitative estimate of drug-likeness (QED) is 0.704. The first-order valence-electron chi connectivity index (χ1n) is 9.53. The Morgan fingerprint density at radius 2 is 2.00 bits per heavy atom. The van der Waals surface area contributed by atoms with E-state index in [-0.39, 0.29) is 17.1 Å². The molecule has 1 aromatic carbocycles. The number of rotatable bonds is 8. The molecule has 1 aromatic heterocycles.